The highest BCUT2D eigenvalue weighted by Crippen LogP contribution is 2.27. The van der Waals surface area contributed by atoms with Crippen LogP contribution < -0.4 is 5.32 Å². The molecule has 1 aromatic rings. The van der Waals surface area contributed by atoms with Crippen LogP contribution >= 0.6 is 0 Å². The number of nitrogens with one attached hydrogen (secondary N) is 1. The lowest BCUT2D eigenvalue weighted by atomic mass is 9.96. The lowest BCUT2D eigenvalue weighted by Crippen LogP contribution is -2.41. The third-order valence-electron chi connectivity index (χ3n) is 4.78. The molecule has 0 spiro atoms. The zero-order valence-corrected chi connectivity index (χ0v) is 13.5. The fourth-order valence-electron chi connectivity index (χ4n) is 3.40. The Balaban J connectivity index is 1.46. The van der Waals surface area contributed by atoms with E-state index in [0.717, 1.165) is 32.2 Å². The molecule has 7 nitrogen and oxygen atoms in total. The van der Waals surface area contributed by atoms with Crippen LogP contribution in [0.25, 0.3) is 0 Å². The SMILES string of the molecule is O=C(NCCN1CCCCC1=O)c1cn(C2CCCCC2)nn1. The van der Waals surface area contributed by atoms with Crippen molar-refractivity contribution < 1.29 is 9.59 Å². The van der Waals surface area contributed by atoms with Crippen molar-refractivity contribution in [2.45, 2.75) is 57.4 Å². The fraction of sp³-hybridized carbons (Fsp3) is 0.750. The van der Waals surface area contributed by atoms with Gasteiger partial charge in [0.25, 0.3) is 5.91 Å². The van der Waals surface area contributed by atoms with Crippen LogP contribution in [-0.2, 0) is 4.79 Å². The summed E-state index contributed by atoms with van der Waals surface area (Å²) in [5.41, 5.74) is 0.362. The summed E-state index contributed by atoms with van der Waals surface area (Å²) in [5, 5.41) is 10.9. The molecule has 23 heavy (non-hydrogen) atoms. The van der Waals surface area contributed by atoms with Gasteiger partial charge in [0.2, 0.25) is 5.91 Å². The summed E-state index contributed by atoms with van der Waals surface area (Å²) in [5.74, 6) is -0.0229. The highest BCUT2D eigenvalue weighted by molar-refractivity contribution is 5.91. The Morgan fingerprint density at radius 2 is 2.04 bits per heavy atom. The first-order chi connectivity index (χ1) is 11.2. The van der Waals surface area contributed by atoms with Crippen molar-refractivity contribution >= 4 is 11.8 Å². The van der Waals surface area contributed by atoms with Crippen LogP contribution in [0, 0.1) is 0 Å². The van der Waals surface area contributed by atoms with Crippen molar-refractivity contribution in [1.29, 1.82) is 0 Å². The number of hydrogen-bond donors (Lipinski definition) is 1. The van der Waals surface area contributed by atoms with Crippen molar-refractivity contribution in [3.63, 3.8) is 0 Å². The van der Waals surface area contributed by atoms with Gasteiger partial charge in [-0.05, 0) is 25.7 Å². The van der Waals surface area contributed by atoms with E-state index in [1.54, 1.807) is 6.20 Å². The van der Waals surface area contributed by atoms with E-state index in [4.69, 9.17) is 0 Å². The molecular formula is C16H25N5O2. The number of carbonyl (C=O) groups excluding carboxylic acids is 2. The average molecular weight is 319 g/mol. The van der Waals surface area contributed by atoms with Gasteiger partial charge in [0.05, 0.1) is 12.2 Å². The second-order valence-electron chi connectivity index (χ2n) is 6.47. The van der Waals surface area contributed by atoms with Gasteiger partial charge in [0, 0.05) is 26.1 Å². The number of likely N-dealkylation sites (tertiary alicyclic amines) is 1. The van der Waals surface area contributed by atoms with Crippen LogP contribution in [-0.4, -0.2) is 51.3 Å². The lowest BCUT2D eigenvalue weighted by molar-refractivity contribution is -0.133. The van der Waals surface area contributed by atoms with E-state index in [2.05, 4.69) is 15.6 Å². The van der Waals surface area contributed by atoms with Crippen molar-refractivity contribution in [1.82, 2.24) is 25.2 Å². The van der Waals surface area contributed by atoms with Gasteiger partial charge in [-0.15, -0.1) is 5.10 Å². The standard InChI is InChI=1S/C16H25N5O2/c22-15-8-4-5-10-20(15)11-9-17-16(23)14-12-21(19-18-14)13-6-2-1-3-7-13/h12-13H,1-11H2,(H,17,23). The van der Waals surface area contributed by atoms with Gasteiger partial charge >= 0.3 is 0 Å². The highest BCUT2D eigenvalue weighted by Gasteiger charge is 2.20. The molecule has 1 aliphatic carbocycles. The summed E-state index contributed by atoms with van der Waals surface area (Å²) >= 11 is 0. The zero-order chi connectivity index (χ0) is 16.1. The predicted octanol–water partition coefficient (Wildman–Crippen LogP) is 1.53. The Kier molecular flexibility index (Phi) is 5.25. The van der Waals surface area contributed by atoms with Gasteiger partial charge in [-0.2, -0.15) is 0 Å². The molecule has 0 bridgehead atoms. The third kappa shape index (κ3) is 4.09. The summed E-state index contributed by atoms with van der Waals surface area (Å²) < 4.78 is 1.84. The van der Waals surface area contributed by atoms with Crippen LogP contribution in [0.5, 0.6) is 0 Å². The van der Waals surface area contributed by atoms with E-state index in [-0.39, 0.29) is 11.8 Å². The molecule has 0 unspecified atom stereocenters. The molecule has 0 atom stereocenters. The number of amides is 2. The Morgan fingerprint density at radius 3 is 2.83 bits per heavy atom. The zero-order valence-electron chi connectivity index (χ0n) is 13.5. The molecule has 1 saturated carbocycles. The minimum atomic E-state index is -0.212. The molecule has 1 aromatic heterocycles. The second-order valence-corrected chi connectivity index (χ2v) is 6.47. The fourth-order valence-corrected chi connectivity index (χ4v) is 3.40. The Bertz CT molecular complexity index is 550. The number of piperidine rings is 1. The normalized spacial score (nSPS) is 19.8. The van der Waals surface area contributed by atoms with Crippen LogP contribution in [0.2, 0.25) is 0 Å². The van der Waals surface area contributed by atoms with E-state index in [1.165, 1.54) is 19.3 Å². The van der Waals surface area contributed by atoms with Gasteiger partial charge in [-0.3, -0.25) is 9.59 Å². The highest BCUT2D eigenvalue weighted by atomic mass is 16.2. The predicted molar refractivity (Wildman–Crippen MR) is 84.9 cm³/mol. The molecule has 2 fully saturated rings. The third-order valence-corrected chi connectivity index (χ3v) is 4.78. The Morgan fingerprint density at radius 1 is 1.22 bits per heavy atom. The van der Waals surface area contributed by atoms with Crippen LogP contribution in [0.15, 0.2) is 6.20 Å². The van der Waals surface area contributed by atoms with Crippen molar-refractivity contribution in [2.75, 3.05) is 19.6 Å². The summed E-state index contributed by atoms with van der Waals surface area (Å²) in [7, 11) is 0. The van der Waals surface area contributed by atoms with E-state index < -0.39 is 0 Å². The topological polar surface area (TPSA) is 80.1 Å². The number of aromatic nitrogens is 3. The molecule has 126 valence electrons. The molecule has 0 aromatic carbocycles. The number of rotatable bonds is 5. The summed E-state index contributed by atoms with van der Waals surface area (Å²) in [6.45, 7) is 1.83. The van der Waals surface area contributed by atoms with Gasteiger partial charge in [-0.1, -0.05) is 24.5 Å². The Labute approximate surface area is 136 Å². The molecule has 1 N–H and O–H groups in total. The maximum atomic E-state index is 12.1. The van der Waals surface area contributed by atoms with Crippen molar-refractivity contribution in [3.8, 4) is 0 Å². The quantitative estimate of drug-likeness (QED) is 0.892. The summed E-state index contributed by atoms with van der Waals surface area (Å²) in [6, 6.07) is 0.378. The molecule has 7 heteroatoms. The molecule has 2 amide bonds. The molecule has 2 aliphatic rings. The van der Waals surface area contributed by atoms with E-state index in [1.807, 2.05) is 9.58 Å². The molecule has 2 heterocycles. The lowest BCUT2D eigenvalue weighted by Gasteiger charge is -2.26. The van der Waals surface area contributed by atoms with Gasteiger partial charge in [0.15, 0.2) is 5.69 Å². The molecule has 1 saturated heterocycles. The molecular weight excluding hydrogens is 294 g/mol. The summed E-state index contributed by atoms with van der Waals surface area (Å²) in [4.78, 5) is 25.7. The van der Waals surface area contributed by atoms with E-state index in [9.17, 15) is 9.59 Å². The van der Waals surface area contributed by atoms with Crippen molar-refractivity contribution in [2.24, 2.45) is 0 Å². The van der Waals surface area contributed by atoms with Crippen LogP contribution in [0.3, 0.4) is 0 Å². The van der Waals surface area contributed by atoms with Gasteiger partial charge < -0.3 is 10.2 Å². The smallest absolute Gasteiger partial charge is 0.273 e. The first kappa shape index (κ1) is 16.0. The molecule has 0 radical (unpaired) electrons. The number of hydrogen-bond acceptors (Lipinski definition) is 4. The van der Waals surface area contributed by atoms with Crippen LogP contribution in [0.4, 0.5) is 0 Å². The van der Waals surface area contributed by atoms with Crippen LogP contribution in [0.1, 0.15) is 67.9 Å². The first-order valence-corrected chi connectivity index (χ1v) is 8.72. The average Bonchev–Trinajstić information content (AvgIpc) is 3.07. The largest absolute Gasteiger partial charge is 0.349 e. The Hall–Kier alpha value is -1.92. The minimum absolute atomic E-state index is 0.189. The second kappa shape index (κ2) is 7.57. The van der Waals surface area contributed by atoms with Gasteiger partial charge in [0.1, 0.15) is 0 Å². The number of carbonyl (C=O) groups is 2. The molecule has 3 rings (SSSR count). The van der Waals surface area contributed by atoms with E-state index in [0.29, 0.717) is 31.2 Å². The maximum Gasteiger partial charge on any atom is 0.273 e. The molecule has 1 aliphatic heterocycles. The number of nitrogens with zero attached hydrogens (tertiary/aromatic N) is 4. The maximum absolute atomic E-state index is 12.1. The summed E-state index contributed by atoms with van der Waals surface area (Å²) in [6.07, 6.45) is 10.4. The van der Waals surface area contributed by atoms with Crippen molar-refractivity contribution in [3.05, 3.63) is 11.9 Å². The van der Waals surface area contributed by atoms with E-state index >= 15 is 0 Å². The first-order valence-electron chi connectivity index (χ1n) is 8.72. The monoisotopic (exact) mass is 319 g/mol. The van der Waals surface area contributed by atoms with Gasteiger partial charge in [-0.25, -0.2) is 4.68 Å². The minimum Gasteiger partial charge on any atom is -0.349 e.